The van der Waals surface area contributed by atoms with Gasteiger partial charge in [0, 0.05) is 30.3 Å². The number of ether oxygens (including phenoxy) is 3. The first-order chi connectivity index (χ1) is 15.0. The summed E-state index contributed by atoms with van der Waals surface area (Å²) in [6.45, 7) is 9.51. The van der Waals surface area contributed by atoms with Crippen LogP contribution in [0.15, 0.2) is 42.5 Å². The minimum Gasteiger partial charge on any atom is -0.496 e. The fourth-order valence-electron chi connectivity index (χ4n) is 3.12. The predicted octanol–water partition coefficient (Wildman–Crippen LogP) is 3.72. The van der Waals surface area contributed by atoms with Crippen LogP contribution in [0.2, 0.25) is 0 Å². The quantitative estimate of drug-likeness (QED) is 0.640. The summed E-state index contributed by atoms with van der Waals surface area (Å²) < 4.78 is 16.3. The van der Waals surface area contributed by atoms with Crippen LogP contribution in [0.4, 0.5) is 0 Å². The second-order valence-electron chi connectivity index (χ2n) is 8.70. The number of aryl methyl sites for hydroxylation is 1. The Morgan fingerprint density at radius 1 is 1.00 bits per heavy atom. The molecule has 0 aliphatic heterocycles. The van der Waals surface area contributed by atoms with Crippen molar-refractivity contribution < 1.29 is 23.8 Å². The lowest BCUT2D eigenvalue weighted by Gasteiger charge is -2.31. The normalized spacial score (nSPS) is 12.0. The van der Waals surface area contributed by atoms with Crippen LogP contribution >= 0.6 is 0 Å². The van der Waals surface area contributed by atoms with E-state index in [1.165, 1.54) is 0 Å². The molecule has 174 valence electrons. The van der Waals surface area contributed by atoms with Crippen LogP contribution in [0.3, 0.4) is 0 Å². The Bertz CT molecular complexity index is 914. The summed E-state index contributed by atoms with van der Waals surface area (Å²) in [5.41, 5.74) is 1.61. The molecule has 0 fully saturated rings. The number of benzene rings is 2. The molecule has 0 aliphatic carbocycles. The third kappa shape index (κ3) is 7.18. The maximum atomic E-state index is 13.2. The van der Waals surface area contributed by atoms with Crippen LogP contribution in [0.1, 0.15) is 38.8 Å². The molecule has 2 amide bonds. The van der Waals surface area contributed by atoms with Crippen molar-refractivity contribution in [1.82, 2.24) is 10.2 Å². The first-order valence-electron chi connectivity index (χ1n) is 10.6. The van der Waals surface area contributed by atoms with E-state index in [2.05, 4.69) is 5.32 Å². The Labute approximate surface area is 190 Å². The molecule has 0 aliphatic rings. The van der Waals surface area contributed by atoms with Crippen molar-refractivity contribution in [3.63, 3.8) is 0 Å². The molecule has 0 saturated carbocycles. The lowest BCUT2D eigenvalue weighted by molar-refractivity contribution is -0.142. The Balaban J connectivity index is 2.23. The molecular formula is C25H34N2O5. The van der Waals surface area contributed by atoms with E-state index in [9.17, 15) is 9.59 Å². The number of rotatable bonds is 9. The van der Waals surface area contributed by atoms with Crippen molar-refractivity contribution in [2.24, 2.45) is 0 Å². The Morgan fingerprint density at radius 2 is 1.56 bits per heavy atom. The standard InChI is InChI=1S/C25H34N2O5/c1-17-10-8-9-11-19(17)15-27(18(2)24(29)26-25(3,4)5)23(28)16-32-22-13-20(30-6)12-21(14-22)31-7/h8-14,18H,15-16H2,1-7H3,(H,26,29)/t18-/m0/s1. The van der Waals surface area contributed by atoms with Crippen molar-refractivity contribution >= 4 is 11.8 Å². The van der Waals surface area contributed by atoms with Crippen molar-refractivity contribution in [3.05, 3.63) is 53.6 Å². The van der Waals surface area contributed by atoms with E-state index in [0.29, 0.717) is 23.8 Å². The first kappa shape index (κ1) is 25.0. The zero-order valence-corrected chi connectivity index (χ0v) is 20.0. The van der Waals surface area contributed by atoms with Gasteiger partial charge in [-0.05, 0) is 45.7 Å². The van der Waals surface area contributed by atoms with Gasteiger partial charge >= 0.3 is 0 Å². The predicted molar refractivity (Wildman–Crippen MR) is 124 cm³/mol. The minimum atomic E-state index is -0.676. The first-order valence-corrected chi connectivity index (χ1v) is 10.6. The molecule has 2 aromatic rings. The summed E-state index contributed by atoms with van der Waals surface area (Å²) in [5.74, 6) is 1.04. The van der Waals surface area contributed by atoms with E-state index in [4.69, 9.17) is 14.2 Å². The SMILES string of the molecule is COc1cc(OC)cc(OCC(=O)N(Cc2ccccc2C)[C@@H](C)C(=O)NC(C)(C)C)c1. The highest BCUT2D eigenvalue weighted by atomic mass is 16.5. The molecule has 0 heterocycles. The summed E-state index contributed by atoms with van der Waals surface area (Å²) in [6, 6.07) is 12.2. The Morgan fingerprint density at radius 3 is 2.09 bits per heavy atom. The number of amides is 2. The molecule has 7 nitrogen and oxygen atoms in total. The summed E-state index contributed by atoms with van der Waals surface area (Å²) in [7, 11) is 3.09. The summed E-state index contributed by atoms with van der Waals surface area (Å²) in [5, 5.41) is 2.95. The third-order valence-corrected chi connectivity index (χ3v) is 4.95. The van der Waals surface area contributed by atoms with Gasteiger partial charge in [-0.3, -0.25) is 9.59 Å². The minimum absolute atomic E-state index is 0.220. The Hall–Kier alpha value is -3.22. The molecule has 0 unspecified atom stereocenters. The van der Waals surface area contributed by atoms with Crippen LogP contribution in [0, 0.1) is 6.92 Å². The summed E-state index contributed by atoms with van der Waals surface area (Å²) >= 11 is 0. The summed E-state index contributed by atoms with van der Waals surface area (Å²) in [4.78, 5) is 27.6. The Kier molecular flexibility index (Phi) is 8.52. The van der Waals surface area contributed by atoms with E-state index in [0.717, 1.165) is 11.1 Å². The number of nitrogens with one attached hydrogen (secondary N) is 1. The fourth-order valence-corrected chi connectivity index (χ4v) is 3.12. The molecule has 0 bridgehead atoms. The number of nitrogens with zero attached hydrogens (tertiary/aromatic N) is 1. The second-order valence-corrected chi connectivity index (χ2v) is 8.70. The molecule has 32 heavy (non-hydrogen) atoms. The van der Waals surface area contributed by atoms with Crippen LogP contribution < -0.4 is 19.5 Å². The van der Waals surface area contributed by atoms with E-state index in [-0.39, 0.29) is 18.4 Å². The van der Waals surface area contributed by atoms with Crippen molar-refractivity contribution in [2.75, 3.05) is 20.8 Å². The van der Waals surface area contributed by atoms with E-state index in [1.54, 1.807) is 44.2 Å². The number of methoxy groups -OCH3 is 2. The van der Waals surface area contributed by atoms with Gasteiger partial charge in [0.2, 0.25) is 5.91 Å². The van der Waals surface area contributed by atoms with Gasteiger partial charge in [0.15, 0.2) is 6.61 Å². The molecule has 0 saturated heterocycles. The van der Waals surface area contributed by atoms with E-state index in [1.807, 2.05) is 52.0 Å². The topological polar surface area (TPSA) is 77.1 Å². The molecule has 0 aromatic heterocycles. The molecular weight excluding hydrogens is 408 g/mol. The molecule has 1 atom stereocenters. The molecule has 1 N–H and O–H groups in total. The average molecular weight is 443 g/mol. The zero-order chi connectivity index (χ0) is 23.9. The molecule has 0 spiro atoms. The largest absolute Gasteiger partial charge is 0.496 e. The van der Waals surface area contributed by atoms with Gasteiger partial charge in [0.1, 0.15) is 23.3 Å². The van der Waals surface area contributed by atoms with Gasteiger partial charge in [-0.1, -0.05) is 24.3 Å². The molecule has 7 heteroatoms. The van der Waals surface area contributed by atoms with Gasteiger partial charge in [0.05, 0.1) is 14.2 Å². The van der Waals surface area contributed by atoms with Gasteiger partial charge in [-0.15, -0.1) is 0 Å². The fraction of sp³-hybridized carbons (Fsp3) is 0.440. The number of hydrogen-bond acceptors (Lipinski definition) is 5. The lowest BCUT2D eigenvalue weighted by atomic mass is 10.1. The van der Waals surface area contributed by atoms with Crippen LogP contribution in [0.25, 0.3) is 0 Å². The average Bonchev–Trinajstić information content (AvgIpc) is 2.74. The van der Waals surface area contributed by atoms with Gasteiger partial charge in [-0.25, -0.2) is 0 Å². The van der Waals surface area contributed by atoms with E-state index >= 15 is 0 Å². The molecule has 0 radical (unpaired) electrons. The maximum absolute atomic E-state index is 13.2. The van der Waals surface area contributed by atoms with Crippen molar-refractivity contribution in [2.45, 2.75) is 52.7 Å². The zero-order valence-electron chi connectivity index (χ0n) is 20.0. The van der Waals surface area contributed by atoms with Crippen molar-refractivity contribution in [3.8, 4) is 17.2 Å². The number of hydrogen-bond donors (Lipinski definition) is 1. The highest BCUT2D eigenvalue weighted by Gasteiger charge is 2.29. The van der Waals surface area contributed by atoms with Gasteiger partial charge < -0.3 is 24.4 Å². The highest BCUT2D eigenvalue weighted by Crippen LogP contribution is 2.27. The monoisotopic (exact) mass is 442 g/mol. The van der Waals surface area contributed by atoms with Crippen molar-refractivity contribution in [1.29, 1.82) is 0 Å². The smallest absolute Gasteiger partial charge is 0.261 e. The maximum Gasteiger partial charge on any atom is 0.261 e. The number of carbonyl (C=O) groups is 2. The summed E-state index contributed by atoms with van der Waals surface area (Å²) in [6.07, 6.45) is 0. The van der Waals surface area contributed by atoms with Crippen LogP contribution in [-0.4, -0.2) is 49.1 Å². The molecule has 2 rings (SSSR count). The highest BCUT2D eigenvalue weighted by molar-refractivity contribution is 5.88. The third-order valence-electron chi connectivity index (χ3n) is 4.95. The van der Waals surface area contributed by atoms with Crippen LogP contribution in [-0.2, 0) is 16.1 Å². The van der Waals surface area contributed by atoms with Gasteiger partial charge in [-0.2, -0.15) is 0 Å². The van der Waals surface area contributed by atoms with E-state index < -0.39 is 11.6 Å². The molecule has 2 aromatic carbocycles. The van der Waals surface area contributed by atoms with Gasteiger partial charge in [0.25, 0.3) is 5.91 Å². The number of carbonyl (C=O) groups excluding carboxylic acids is 2. The lowest BCUT2D eigenvalue weighted by Crippen LogP contribution is -2.53. The van der Waals surface area contributed by atoms with Crippen LogP contribution in [0.5, 0.6) is 17.2 Å². The second kappa shape index (κ2) is 10.9.